The number of aromatic nitrogens is 1. The van der Waals surface area contributed by atoms with Gasteiger partial charge in [-0.1, -0.05) is 56.1 Å². The number of nitrogens with two attached hydrogens (primary N) is 1. The predicted molar refractivity (Wildman–Crippen MR) is 99.6 cm³/mol. The Hall–Kier alpha value is -2.23. The second-order valence-electron chi connectivity index (χ2n) is 5.03. The molecule has 24 heavy (non-hydrogen) atoms. The van der Waals surface area contributed by atoms with Crippen LogP contribution in [0.1, 0.15) is 5.56 Å². The maximum atomic E-state index is 14.4. The molecule has 0 saturated carbocycles. The molecule has 118 valence electrons. The molecule has 2 N–H and O–H groups in total. The molecule has 0 spiro atoms. The molecule has 6 heteroatoms. The molecule has 0 aliphatic heterocycles. The van der Waals surface area contributed by atoms with Crippen LogP contribution in [0.5, 0.6) is 0 Å². The summed E-state index contributed by atoms with van der Waals surface area (Å²) in [7, 11) is 0. The van der Waals surface area contributed by atoms with E-state index in [9.17, 15) is 9.65 Å². The highest BCUT2D eigenvalue weighted by Crippen LogP contribution is 2.35. The minimum atomic E-state index is -0.440. The monoisotopic (exact) mass is 445 g/mol. The van der Waals surface area contributed by atoms with Gasteiger partial charge in [-0.3, -0.25) is 0 Å². The fraction of sp³-hybridized carbons (Fsp3) is 0. The summed E-state index contributed by atoms with van der Waals surface area (Å²) in [5.41, 5.74) is 8.21. The molecular weight excluding hydrogens is 437 g/mol. The van der Waals surface area contributed by atoms with Crippen molar-refractivity contribution in [2.24, 2.45) is 0 Å². The van der Waals surface area contributed by atoms with Crippen LogP contribution in [0.3, 0.4) is 0 Å². The lowest BCUT2D eigenvalue weighted by Crippen LogP contribution is -2.01. The normalized spacial score (nSPS) is 10.4. The summed E-state index contributed by atoms with van der Waals surface area (Å²) in [6.07, 6.45) is 0. The molecule has 0 atom stereocenters. The summed E-state index contributed by atoms with van der Waals surface area (Å²) in [6, 6.07) is 15.9. The number of hydrogen-bond donors (Lipinski definition) is 1. The lowest BCUT2D eigenvalue weighted by Gasteiger charge is -2.12. The number of benzene rings is 2. The maximum Gasteiger partial charge on any atom is 0.142 e. The van der Waals surface area contributed by atoms with E-state index in [-0.39, 0.29) is 11.4 Å². The molecule has 3 aromatic rings. The van der Waals surface area contributed by atoms with Crippen molar-refractivity contribution in [3.63, 3.8) is 0 Å². The quantitative estimate of drug-likeness (QED) is 0.562. The van der Waals surface area contributed by atoms with Crippen molar-refractivity contribution < 1.29 is 4.39 Å². The molecular formula is C18H10Br2FN3. The third kappa shape index (κ3) is 3.05. The third-order valence-electron chi connectivity index (χ3n) is 3.53. The molecule has 0 saturated heterocycles. The van der Waals surface area contributed by atoms with E-state index in [0.717, 1.165) is 10.0 Å². The SMILES string of the molecule is N#Cc1c(-c2ccc(Br)cc2F)cc(-c2ccccc2Br)nc1N. The van der Waals surface area contributed by atoms with Crippen molar-refractivity contribution in [2.75, 3.05) is 5.73 Å². The van der Waals surface area contributed by atoms with E-state index in [1.165, 1.54) is 6.07 Å². The van der Waals surface area contributed by atoms with E-state index < -0.39 is 5.82 Å². The first-order valence-corrected chi connectivity index (χ1v) is 8.51. The van der Waals surface area contributed by atoms with Gasteiger partial charge in [-0.25, -0.2) is 9.37 Å². The minimum Gasteiger partial charge on any atom is -0.383 e. The van der Waals surface area contributed by atoms with Gasteiger partial charge in [-0.15, -0.1) is 0 Å². The third-order valence-corrected chi connectivity index (χ3v) is 4.72. The summed E-state index contributed by atoms with van der Waals surface area (Å²) < 4.78 is 15.8. The molecule has 2 aromatic carbocycles. The Morgan fingerprint density at radius 2 is 1.75 bits per heavy atom. The van der Waals surface area contributed by atoms with Crippen molar-refractivity contribution in [3.8, 4) is 28.5 Å². The van der Waals surface area contributed by atoms with E-state index in [1.54, 1.807) is 18.2 Å². The molecule has 3 nitrogen and oxygen atoms in total. The first-order valence-electron chi connectivity index (χ1n) is 6.92. The zero-order chi connectivity index (χ0) is 17.3. The van der Waals surface area contributed by atoms with E-state index in [4.69, 9.17) is 5.73 Å². The van der Waals surface area contributed by atoms with Crippen LogP contribution in [0.15, 0.2) is 57.5 Å². The van der Waals surface area contributed by atoms with Gasteiger partial charge in [0, 0.05) is 25.6 Å². The summed E-state index contributed by atoms with van der Waals surface area (Å²) >= 11 is 6.70. The molecule has 0 unspecified atom stereocenters. The van der Waals surface area contributed by atoms with Gasteiger partial charge < -0.3 is 5.73 Å². The second-order valence-corrected chi connectivity index (χ2v) is 6.80. The highest BCUT2D eigenvalue weighted by atomic mass is 79.9. The Morgan fingerprint density at radius 3 is 2.42 bits per heavy atom. The number of nitriles is 1. The highest BCUT2D eigenvalue weighted by Gasteiger charge is 2.17. The van der Waals surface area contributed by atoms with Gasteiger partial charge >= 0.3 is 0 Å². The number of halogens is 3. The smallest absolute Gasteiger partial charge is 0.142 e. The lowest BCUT2D eigenvalue weighted by molar-refractivity contribution is 0.630. The van der Waals surface area contributed by atoms with Gasteiger partial charge in [0.1, 0.15) is 23.3 Å². The van der Waals surface area contributed by atoms with Crippen LogP contribution in [-0.2, 0) is 0 Å². The van der Waals surface area contributed by atoms with Gasteiger partial charge in [-0.05, 0) is 24.3 Å². The van der Waals surface area contributed by atoms with Gasteiger partial charge in [0.25, 0.3) is 0 Å². The van der Waals surface area contributed by atoms with Gasteiger partial charge in [0.2, 0.25) is 0 Å². The molecule has 0 fully saturated rings. The molecule has 0 radical (unpaired) electrons. The molecule has 1 aromatic heterocycles. The van der Waals surface area contributed by atoms with Crippen molar-refractivity contribution in [3.05, 3.63) is 68.9 Å². The zero-order valence-corrected chi connectivity index (χ0v) is 15.4. The number of anilines is 1. The second kappa shape index (κ2) is 6.71. The Labute approximate surface area is 155 Å². The molecule has 0 aliphatic carbocycles. The van der Waals surface area contributed by atoms with Crippen molar-refractivity contribution in [1.82, 2.24) is 4.98 Å². The predicted octanol–water partition coefficient (Wildman–Crippen LogP) is 5.53. The van der Waals surface area contributed by atoms with E-state index in [1.807, 2.05) is 30.3 Å². The molecule has 3 rings (SSSR count). The van der Waals surface area contributed by atoms with Gasteiger partial charge in [0.15, 0.2) is 0 Å². The lowest BCUT2D eigenvalue weighted by atomic mass is 9.98. The van der Waals surface area contributed by atoms with Crippen molar-refractivity contribution >= 4 is 37.7 Å². The number of rotatable bonds is 2. The molecule has 1 heterocycles. The Morgan fingerprint density at radius 1 is 1.00 bits per heavy atom. The van der Waals surface area contributed by atoms with Gasteiger partial charge in [-0.2, -0.15) is 5.26 Å². The van der Waals surface area contributed by atoms with Crippen molar-refractivity contribution in [1.29, 1.82) is 5.26 Å². The molecule has 0 aliphatic rings. The highest BCUT2D eigenvalue weighted by molar-refractivity contribution is 9.10. The van der Waals surface area contributed by atoms with Crippen LogP contribution in [0.2, 0.25) is 0 Å². The van der Waals surface area contributed by atoms with Crippen LogP contribution in [0.4, 0.5) is 10.2 Å². The zero-order valence-electron chi connectivity index (χ0n) is 12.2. The topological polar surface area (TPSA) is 62.7 Å². The summed E-state index contributed by atoms with van der Waals surface area (Å²) in [5.74, 6) is -0.368. The Bertz CT molecular complexity index is 980. The van der Waals surface area contributed by atoms with Crippen LogP contribution >= 0.6 is 31.9 Å². The fourth-order valence-electron chi connectivity index (χ4n) is 2.41. The average molecular weight is 447 g/mol. The number of nitrogens with zero attached hydrogens (tertiary/aromatic N) is 2. The molecule has 0 bridgehead atoms. The van der Waals surface area contributed by atoms with E-state index >= 15 is 0 Å². The number of nitrogen functional groups attached to an aromatic ring is 1. The van der Waals surface area contributed by atoms with Crippen molar-refractivity contribution in [2.45, 2.75) is 0 Å². The van der Waals surface area contributed by atoms with Crippen LogP contribution in [0.25, 0.3) is 22.4 Å². The average Bonchev–Trinajstić information content (AvgIpc) is 2.54. The maximum absolute atomic E-state index is 14.4. The summed E-state index contributed by atoms with van der Waals surface area (Å²) in [4.78, 5) is 4.30. The van der Waals surface area contributed by atoms with Crippen LogP contribution in [0, 0.1) is 17.1 Å². The summed E-state index contributed by atoms with van der Waals surface area (Å²) in [5, 5.41) is 9.41. The summed E-state index contributed by atoms with van der Waals surface area (Å²) in [6.45, 7) is 0. The Kier molecular flexibility index (Phi) is 4.65. The number of pyridine rings is 1. The first kappa shape index (κ1) is 16.6. The standard InChI is InChI=1S/C18H10Br2FN3/c19-10-5-6-11(16(21)7-10)13-8-17(24-18(23)14(13)9-22)12-3-1-2-4-15(12)20/h1-8H,(H2,23,24). The van der Waals surface area contributed by atoms with Gasteiger partial charge in [0.05, 0.1) is 5.69 Å². The van der Waals surface area contributed by atoms with E-state index in [2.05, 4.69) is 36.8 Å². The van der Waals surface area contributed by atoms with Crippen LogP contribution < -0.4 is 5.73 Å². The number of hydrogen-bond acceptors (Lipinski definition) is 3. The first-order chi connectivity index (χ1) is 11.5. The molecule has 0 amide bonds. The Balaban J connectivity index is 2.29. The largest absolute Gasteiger partial charge is 0.383 e. The fourth-order valence-corrected chi connectivity index (χ4v) is 3.23. The van der Waals surface area contributed by atoms with Crippen LogP contribution in [-0.4, -0.2) is 4.98 Å². The van der Waals surface area contributed by atoms with E-state index in [0.29, 0.717) is 21.3 Å². The minimum absolute atomic E-state index is 0.0723.